The van der Waals surface area contributed by atoms with E-state index in [4.69, 9.17) is 11.6 Å². The van der Waals surface area contributed by atoms with E-state index in [1.165, 1.54) is 24.6 Å². The summed E-state index contributed by atoms with van der Waals surface area (Å²) in [6.07, 6.45) is 5.14. The summed E-state index contributed by atoms with van der Waals surface area (Å²) in [5, 5.41) is 22.7. The van der Waals surface area contributed by atoms with Crippen LogP contribution in [0.5, 0.6) is 0 Å². The van der Waals surface area contributed by atoms with Gasteiger partial charge in [-0.2, -0.15) is 0 Å². The van der Waals surface area contributed by atoms with Crippen molar-refractivity contribution in [1.82, 2.24) is 4.90 Å². The first-order chi connectivity index (χ1) is 11.0. The number of anilines is 1. The molecule has 126 valence electrons. The van der Waals surface area contributed by atoms with Gasteiger partial charge in [-0.1, -0.05) is 30.9 Å². The van der Waals surface area contributed by atoms with E-state index in [-0.39, 0.29) is 35.9 Å². The number of nitrogens with zero attached hydrogens (tertiary/aromatic N) is 2. The van der Waals surface area contributed by atoms with Crippen LogP contribution in [0.1, 0.15) is 32.1 Å². The number of amides is 2. The molecular formula is C15H20ClN3O4. The highest BCUT2D eigenvalue weighted by molar-refractivity contribution is 6.33. The number of urea groups is 1. The first-order valence-corrected chi connectivity index (χ1v) is 8.03. The van der Waals surface area contributed by atoms with Crippen LogP contribution in [-0.2, 0) is 0 Å². The molecular weight excluding hydrogens is 322 g/mol. The maximum absolute atomic E-state index is 12.5. The van der Waals surface area contributed by atoms with E-state index < -0.39 is 4.92 Å². The number of nitro groups is 1. The molecule has 1 aliphatic rings. The predicted octanol–water partition coefficient (Wildman–Crippen LogP) is 3.41. The molecule has 1 saturated carbocycles. The minimum absolute atomic E-state index is 0.104. The number of hydrogen-bond acceptors (Lipinski definition) is 4. The van der Waals surface area contributed by atoms with Crippen molar-refractivity contribution in [2.45, 2.75) is 38.1 Å². The minimum atomic E-state index is -0.544. The fraction of sp³-hybridized carbons (Fsp3) is 0.533. The number of carbonyl (C=O) groups is 1. The van der Waals surface area contributed by atoms with E-state index in [9.17, 15) is 20.0 Å². The van der Waals surface area contributed by atoms with Gasteiger partial charge in [-0.25, -0.2) is 4.79 Å². The molecule has 0 aliphatic heterocycles. The van der Waals surface area contributed by atoms with E-state index in [2.05, 4.69) is 5.32 Å². The number of benzene rings is 1. The standard InChI is InChI=1S/C15H20ClN3O4/c16-13-10-12(19(22)23)6-7-14(13)17-15(21)18(8-9-20)11-4-2-1-3-5-11/h6-7,10-11,20H,1-5,8-9H2,(H,17,21). The normalized spacial score (nSPS) is 15.2. The molecule has 0 saturated heterocycles. The molecule has 2 amide bonds. The lowest BCUT2D eigenvalue weighted by molar-refractivity contribution is -0.384. The van der Waals surface area contributed by atoms with Crippen molar-refractivity contribution in [3.8, 4) is 0 Å². The first kappa shape index (κ1) is 17.5. The van der Waals surface area contributed by atoms with Crippen molar-refractivity contribution in [1.29, 1.82) is 0 Å². The smallest absolute Gasteiger partial charge is 0.322 e. The van der Waals surface area contributed by atoms with Gasteiger partial charge in [0.1, 0.15) is 0 Å². The highest BCUT2D eigenvalue weighted by Crippen LogP contribution is 2.28. The third-order valence-corrected chi connectivity index (χ3v) is 4.34. The van der Waals surface area contributed by atoms with Crippen LogP contribution in [0.25, 0.3) is 0 Å². The number of aliphatic hydroxyl groups excluding tert-OH is 1. The fourth-order valence-corrected chi connectivity index (χ4v) is 3.08. The van der Waals surface area contributed by atoms with Crippen LogP contribution in [0.15, 0.2) is 18.2 Å². The van der Waals surface area contributed by atoms with Crippen molar-refractivity contribution in [3.63, 3.8) is 0 Å². The third kappa shape index (κ3) is 4.56. The highest BCUT2D eigenvalue weighted by atomic mass is 35.5. The molecule has 0 aromatic heterocycles. The minimum Gasteiger partial charge on any atom is -0.395 e. The molecule has 7 nitrogen and oxygen atoms in total. The second-order valence-corrected chi connectivity index (χ2v) is 5.97. The van der Waals surface area contributed by atoms with Gasteiger partial charge in [0.2, 0.25) is 0 Å². The molecule has 2 rings (SSSR count). The average molecular weight is 342 g/mol. The third-order valence-electron chi connectivity index (χ3n) is 4.02. The summed E-state index contributed by atoms with van der Waals surface area (Å²) in [5.74, 6) is 0. The number of carbonyl (C=O) groups excluding carboxylic acids is 1. The zero-order valence-corrected chi connectivity index (χ0v) is 13.5. The maximum Gasteiger partial charge on any atom is 0.322 e. The lowest BCUT2D eigenvalue weighted by atomic mass is 9.94. The van der Waals surface area contributed by atoms with Crippen LogP contribution in [0.2, 0.25) is 5.02 Å². The molecule has 1 aliphatic carbocycles. The van der Waals surface area contributed by atoms with Gasteiger partial charge in [0.25, 0.3) is 5.69 Å². The number of halogens is 1. The zero-order chi connectivity index (χ0) is 16.8. The lowest BCUT2D eigenvalue weighted by Crippen LogP contribution is -2.45. The Kier molecular flexibility index (Phi) is 6.18. The van der Waals surface area contributed by atoms with Gasteiger partial charge < -0.3 is 15.3 Å². The monoisotopic (exact) mass is 341 g/mol. The van der Waals surface area contributed by atoms with Gasteiger partial charge in [-0.05, 0) is 18.9 Å². The molecule has 0 atom stereocenters. The van der Waals surface area contributed by atoms with Gasteiger partial charge in [0.05, 0.1) is 22.2 Å². The summed E-state index contributed by atoms with van der Waals surface area (Å²) < 4.78 is 0. The molecule has 1 aromatic carbocycles. The van der Waals surface area contributed by atoms with Crippen molar-refractivity contribution >= 4 is 29.0 Å². The topological polar surface area (TPSA) is 95.7 Å². The molecule has 1 fully saturated rings. The molecule has 0 spiro atoms. The van der Waals surface area contributed by atoms with Crippen LogP contribution in [0.4, 0.5) is 16.2 Å². The van der Waals surface area contributed by atoms with Crippen molar-refractivity contribution in [2.75, 3.05) is 18.5 Å². The molecule has 8 heteroatoms. The van der Waals surface area contributed by atoms with E-state index in [1.54, 1.807) is 4.90 Å². The van der Waals surface area contributed by atoms with Crippen LogP contribution in [-0.4, -0.2) is 40.2 Å². The van der Waals surface area contributed by atoms with Gasteiger partial charge in [-0.3, -0.25) is 10.1 Å². The summed E-state index contributed by atoms with van der Waals surface area (Å²) in [6, 6.07) is 3.66. The van der Waals surface area contributed by atoms with Gasteiger partial charge in [0, 0.05) is 24.7 Å². The maximum atomic E-state index is 12.5. The van der Waals surface area contributed by atoms with Gasteiger partial charge >= 0.3 is 6.03 Å². The van der Waals surface area contributed by atoms with E-state index >= 15 is 0 Å². The quantitative estimate of drug-likeness (QED) is 0.633. The number of nitrogens with one attached hydrogen (secondary N) is 1. The molecule has 0 bridgehead atoms. The van der Waals surface area contributed by atoms with Crippen LogP contribution in [0, 0.1) is 10.1 Å². The molecule has 23 heavy (non-hydrogen) atoms. The van der Waals surface area contributed by atoms with Crippen LogP contribution < -0.4 is 5.32 Å². The van der Waals surface area contributed by atoms with Crippen LogP contribution >= 0.6 is 11.6 Å². The van der Waals surface area contributed by atoms with Crippen molar-refractivity contribution in [2.24, 2.45) is 0 Å². The number of nitro benzene ring substituents is 1. The summed E-state index contributed by atoms with van der Waals surface area (Å²) in [7, 11) is 0. The SMILES string of the molecule is O=C(Nc1ccc([N+](=O)[O-])cc1Cl)N(CCO)C1CCCCC1. The zero-order valence-electron chi connectivity index (χ0n) is 12.7. The molecule has 0 heterocycles. The Morgan fingerprint density at radius 1 is 1.39 bits per heavy atom. The summed E-state index contributed by atoms with van der Waals surface area (Å²) in [5.41, 5.74) is 0.188. The van der Waals surface area contributed by atoms with Gasteiger partial charge in [-0.15, -0.1) is 0 Å². The van der Waals surface area contributed by atoms with E-state index in [0.717, 1.165) is 25.7 Å². The number of non-ortho nitro benzene ring substituents is 1. The number of hydrogen-bond donors (Lipinski definition) is 2. The average Bonchev–Trinajstić information content (AvgIpc) is 2.55. The van der Waals surface area contributed by atoms with Crippen LogP contribution in [0.3, 0.4) is 0 Å². The predicted molar refractivity (Wildman–Crippen MR) is 87.8 cm³/mol. The summed E-state index contributed by atoms with van der Waals surface area (Å²) in [4.78, 5) is 24.3. The van der Waals surface area contributed by atoms with Crippen molar-refractivity contribution in [3.05, 3.63) is 33.3 Å². The van der Waals surface area contributed by atoms with Crippen molar-refractivity contribution < 1.29 is 14.8 Å². The highest BCUT2D eigenvalue weighted by Gasteiger charge is 2.25. The Hall–Kier alpha value is -1.86. The Morgan fingerprint density at radius 3 is 2.65 bits per heavy atom. The number of aliphatic hydroxyl groups is 1. The summed E-state index contributed by atoms with van der Waals surface area (Å²) in [6.45, 7) is 0.138. The Balaban J connectivity index is 2.10. The largest absolute Gasteiger partial charge is 0.395 e. The molecule has 1 aromatic rings. The molecule has 0 radical (unpaired) electrons. The van der Waals surface area contributed by atoms with E-state index in [1.807, 2.05) is 0 Å². The lowest BCUT2D eigenvalue weighted by Gasteiger charge is -2.34. The number of rotatable bonds is 5. The Bertz CT molecular complexity index is 576. The summed E-state index contributed by atoms with van der Waals surface area (Å²) >= 11 is 6.00. The fourth-order valence-electron chi connectivity index (χ4n) is 2.86. The Morgan fingerprint density at radius 2 is 2.09 bits per heavy atom. The Labute approximate surface area is 139 Å². The second kappa shape index (κ2) is 8.12. The molecule has 2 N–H and O–H groups in total. The first-order valence-electron chi connectivity index (χ1n) is 7.65. The second-order valence-electron chi connectivity index (χ2n) is 5.56. The van der Waals surface area contributed by atoms with Gasteiger partial charge in [0.15, 0.2) is 0 Å². The molecule has 0 unspecified atom stereocenters. The van der Waals surface area contributed by atoms with E-state index in [0.29, 0.717) is 5.69 Å².